The van der Waals surface area contributed by atoms with Crippen LogP contribution in [0.15, 0.2) is 48.5 Å². The van der Waals surface area contributed by atoms with E-state index < -0.39 is 12.3 Å². The van der Waals surface area contributed by atoms with Crippen LogP contribution in [-0.4, -0.2) is 21.3 Å². The van der Waals surface area contributed by atoms with Crippen molar-refractivity contribution >= 4 is 51.3 Å². The second-order valence-corrected chi connectivity index (χ2v) is 9.74. The molecule has 0 saturated carbocycles. The summed E-state index contributed by atoms with van der Waals surface area (Å²) in [5.74, 6) is -0.899. The van der Waals surface area contributed by atoms with Gasteiger partial charge in [0.25, 0.3) is 0 Å². The number of aliphatic hydroxyl groups is 2. The second kappa shape index (κ2) is 7.07. The molecule has 0 aliphatic carbocycles. The molecule has 0 atom stereocenters. The van der Waals surface area contributed by atoms with Gasteiger partial charge in [-0.15, -0.1) is 45.3 Å². The Balaban J connectivity index is 1.59. The van der Waals surface area contributed by atoms with Crippen molar-refractivity contribution in [1.82, 2.24) is 0 Å². The molecule has 0 bridgehead atoms. The van der Waals surface area contributed by atoms with Gasteiger partial charge in [0.2, 0.25) is 0 Å². The fourth-order valence-corrected chi connectivity index (χ4v) is 6.42. The highest BCUT2D eigenvalue weighted by atomic mass is 32.1. The number of aliphatic hydroxyl groups excluding tert-OH is 1. The lowest BCUT2D eigenvalue weighted by Gasteiger charge is -1.96. The first kappa shape index (κ1) is 17.6. The third-order valence-corrected chi connectivity index (χ3v) is 8.59. The summed E-state index contributed by atoms with van der Waals surface area (Å²) in [5.41, 5.74) is 0. The summed E-state index contributed by atoms with van der Waals surface area (Å²) < 4.78 is 0. The highest BCUT2D eigenvalue weighted by molar-refractivity contribution is 7.28. The maximum absolute atomic E-state index is 11.0. The normalized spacial score (nSPS) is 11.3. The fourth-order valence-electron chi connectivity index (χ4n) is 2.41. The lowest BCUT2D eigenvalue weighted by Crippen LogP contribution is -1.89. The largest absolute Gasteiger partial charge is 0.477 e. The zero-order valence-corrected chi connectivity index (χ0v) is 16.3. The molecule has 26 heavy (non-hydrogen) atoms. The molecule has 0 aliphatic rings. The Labute approximate surface area is 164 Å². The number of hydrogen-bond donors (Lipinski definition) is 3. The van der Waals surface area contributed by atoms with Crippen LogP contribution in [0.4, 0.5) is 0 Å². The summed E-state index contributed by atoms with van der Waals surface area (Å²) in [6, 6.07) is 15.3. The molecule has 8 heteroatoms. The molecule has 4 rings (SSSR count). The van der Waals surface area contributed by atoms with Gasteiger partial charge in [-0.25, -0.2) is 4.79 Å². The second-order valence-electron chi connectivity index (χ2n) is 5.37. The van der Waals surface area contributed by atoms with Gasteiger partial charge in [-0.3, -0.25) is 0 Å². The lowest BCUT2D eigenvalue weighted by molar-refractivity contribution is -0.0395. The average molecular weight is 421 g/mol. The third kappa shape index (κ3) is 3.39. The number of hydrogen-bond acceptors (Lipinski definition) is 7. The molecule has 0 aromatic carbocycles. The van der Waals surface area contributed by atoms with E-state index in [1.165, 1.54) is 22.7 Å². The minimum atomic E-state index is -1.44. The Kier molecular flexibility index (Phi) is 4.78. The van der Waals surface area contributed by atoms with E-state index in [-0.39, 0.29) is 0 Å². The summed E-state index contributed by atoms with van der Waals surface area (Å²) >= 11 is 5.93. The molecule has 0 saturated heterocycles. The molecule has 3 N–H and O–H groups in total. The Bertz CT molecular complexity index is 1070. The molecule has 4 nitrogen and oxygen atoms in total. The predicted molar refractivity (Wildman–Crippen MR) is 108 cm³/mol. The first-order valence-corrected chi connectivity index (χ1v) is 10.8. The van der Waals surface area contributed by atoms with Crippen LogP contribution in [-0.2, 0) is 0 Å². The van der Waals surface area contributed by atoms with Crippen LogP contribution in [0.1, 0.15) is 20.8 Å². The molecule has 0 spiro atoms. The highest BCUT2D eigenvalue weighted by Crippen LogP contribution is 2.43. The van der Waals surface area contributed by atoms with Gasteiger partial charge in [-0.05, 0) is 48.5 Å². The van der Waals surface area contributed by atoms with Crippen LogP contribution < -0.4 is 0 Å². The van der Waals surface area contributed by atoms with Gasteiger partial charge < -0.3 is 15.3 Å². The number of thiophene rings is 4. The van der Waals surface area contributed by atoms with Crippen molar-refractivity contribution in [2.45, 2.75) is 6.29 Å². The molecule has 132 valence electrons. The molecule has 0 amide bonds. The fraction of sp³-hybridized carbons (Fsp3) is 0.0556. The molecule has 4 aromatic rings. The van der Waals surface area contributed by atoms with Crippen molar-refractivity contribution in [3.05, 3.63) is 58.3 Å². The van der Waals surface area contributed by atoms with E-state index in [1.807, 2.05) is 30.3 Å². The smallest absolute Gasteiger partial charge is 0.345 e. The minimum Gasteiger partial charge on any atom is -0.477 e. The van der Waals surface area contributed by atoms with E-state index in [4.69, 9.17) is 5.11 Å². The number of carboxylic acids is 1. The SMILES string of the molecule is O=C(O)c1ccc(-c2ccc(-c3ccc(-c4ccc(C(O)O)s4)s3)s2)s1. The van der Waals surface area contributed by atoms with Crippen LogP contribution in [0.25, 0.3) is 29.3 Å². The summed E-state index contributed by atoms with van der Waals surface area (Å²) in [4.78, 5) is 18.3. The first-order chi connectivity index (χ1) is 12.5. The van der Waals surface area contributed by atoms with Crippen molar-refractivity contribution in [3.63, 3.8) is 0 Å². The van der Waals surface area contributed by atoms with Crippen LogP contribution in [0.2, 0.25) is 0 Å². The highest BCUT2D eigenvalue weighted by Gasteiger charge is 2.14. The van der Waals surface area contributed by atoms with Gasteiger partial charge in [0.05, 0.1) is 4.88 Å². The van der Waals surface area contributed by atoms with Gasteiger partial charge >= 0.3 is 5.97 Å². The summed E-state index contributed by atoms with van der Waals surface area (Å²) in [6.07, 6.45) is -1.44. The summed E-state index contributed by atoms with van der Waals surface area (Å²) in [6.45, 7) is 0. The van der Waals surface area contributed by atoms with E-state index >= 15 is 0 Å². The summed E-state index contributed by atoms with van der Waals surface area (Å²) in [7, 11) is 0. The Hall–Kier alpha value is -1.81. The minimum absolute atomic E-state index is 0.341. The summed E-state index contributed by atoms with van der Waals surface area (Å²) in [5, 5.41) is 27.6. The van der Waals surface area contributed by atoms with Gasteiger partial charge in [0.15, 0.2) is 6.29 Å². The van der Waals surface area contributed by atoms with Crippen molar-refractivity contribution in [2.75, 3.05) is 0 Å². The van der Waals surface area contributed by atoms with Crippen molar-refractivity contribution in [3.8, 4) is 29.3 Å². The average Bonchev–Trinajstić information content (AvgIpc) is 3.40. The molecule has 4 aromatic heterocycles. The molecule has 0 unspecified atom stereocenters. The van der Waals surface area contributed by atoms with E-state index in [0.29, 0.717) is 9.75 Å². The van der Waals surface area contributed by atoms with Gasteiger partial charge in [0, 0.05) is 29.3 Å². The number of carboxylic acid groups (broad SMARTS) is 1. The standard InChI is InChI=1S/C18H12O4S4/c19-17(20)15-7-5-13(25-15)11-3-1-9(23-11)10-2-4-12(24-10)14-6-8-16(26-14)18(21)22/h1-8,17,19-20H,(H,21,22). The van der Waals surface area contributed by atoms with Crippen LogP contribution >= 0.6 is 45.3 Å². The molecular formula is C18H12O4S4. The Morgan fingerprint density at radius 3 is 1.50 bits per heavy atom. The third-order valence-electron chi connectivity index (χ3n) is 3.64. The predicted octanol–water partition coefficient (Wildman–Crippen LogP) is 5.62. The maximum Gasteiger partial charge on any atom is 0.345 e. The monoisotopic (exact) mass is 420 g/mol. The molecule has 4 heterocycles. The van der Waals surface area contributed by atoms with Crippen molar-refractivity contribution in [2.24, 2.45) is 0 Å². The molecular weight excluding hydrogens is 408 g/mol. The Morgan fingerprint density at radius 1 is 0.654 bits per heavy atom. The van der Waals surface area contributed by atoms with E-state index in [0.717, 1.165) is 29.3 Å². The lowest BCUT2D eigenvalue weighted by atomic mass is 10.3. The van der Waals surface area contributed by atoms with Gasteiger partial charge in [-0.1, -0.05) is 0 Å². The van der Waals surface area contributed by atoms with Crippen LogP contribution in [0.5, 0.6) is 0 Å². The number of carbonyl (C=O) groups is 1. The van der Waals surface area contributed by atoms with Gasteiger partial charge in [-0.2, -0.15) is 0 Å². The number of aromatic carboxylic acids is 1. The first-order valence-electron chi connectivity index (χ1n) is 7.51. The topological polar surface area (TPSA) is 77.8 Å². The molecule has 0 radical (unpaired) electrons. The van der Waals surface area contributed by atoms with Crippen molar-refractivity contribution in [1.29, 1.82) is 0 Å². The van der Waals surface area contributed by atoms with Gasteiger partial charge in [0.1, 0.15) is 4.88 Å². The number of rotatable bonds is 5. The molecule has 0 aliphatic heterocycles. The zero-order chi connectivity index (χ0) is 18.3. The maximum atomic E-state index is 11.0. The van der Waals surface area contributed by atoms with Crippen LogP contribution in [0, 0.1) is 0 Å². The molecule has 0 fully saturated rings. The van der Waals surface area contributed by atoms with E-state index in [1.54, 1.807) is 34.8 Å². The van der Waals surface area contributed by atoms with Crippen molar-refractivity contribution < 1.29 is 20.1 Å². The van der Waals surface area contributed by atoms with E-state index in [2.05, 4.69) is 6.07 Å². The Morgan fingerprint density at radius 2 is 1.08 bits per heavy atom. The quantitative estimate of drug-likeness (QED) is 0.367. The van der Waals surface area contributed by atoms with Crippen LogP contribution in [0.3, 0.4) is 0 Å². The zero-order valence-electron chi connectivity index (χ0n) is 13.1. The van der Waals surface area contributed by atoms with E-state index in [9.17, 15) is 15.0 Å².